The lowest BCUT2D eigenvalue weighted by Crippen LogP contribution is -2.06. The van der Waals surface area contributed by atoms with Gasteiger partial charge in [-0.2, -0.15) is 11.8 Å². The molecule has 5 heteroatoms. The van der Waals surface area contributed by atoms with Crippen molar-refractivity contribution in [1.82, 2.24) is 0 Å². The third-order valence-electron chi connectivity index (χ3n) is 1.54. The van der Waals surface area contributed by atoms with Crippen molar-refractivity contribution in [3.05, 3.63) is 22.4 Å². The van der Waals surface area contributed by atoms with Crippen molar-refractivity contribution < 1.29 is 0 Å². The van der Waals surface area contributed by atoms with Crippen LogP contribution in [-0.2, 0) is 5.75 Å². The third kappa shape index (κ3) is 4.93. The van der Waals surface area contributed by atoms with Crippen LogP contribution in [0.2, 0.25) is 0 Å². The highest BCUT2D eigenvalue weighted by Gasteiger charge is 1.93. The molecule has 0 bridgehead atoms. The van der Waals surface area contributed by atoms with E-state index in [0.717, 1.165) is 18.1 Å². The van der Waals surface area contributed by atoms with E-state index >= 15 is 0 Å². The summed E-state index contributed by atoms with van der Waals surface area (Å²) in [7, 11) is 0. The number of rotatable bonds is 5. The summed E-state index contributed by atoms with van der Waals surface area (Å²) < 4.78 is 0. The molecule has 1 heterocycles. The van der Waals surface area contributed by atoms with E-state index in [0.29, 0.717) is 5.17 Å². The van der Waals surface area contributed by atoms with Crippen LogP contribution >= 0.6 is 34.9 Å². The third-order valence-corrected chi connectivity index (χ3v) is 4.13. The Morgan fingerprint density at radius 2 is 2.50 bits per heavy atom. The minimum absolute atomic E-state index is 0.682. The van der Waals surface area contributed by atoms with Crippen LogP contribution in [0.5, 0.6) is 0 Å². The molecular formula is C9H14N2S3. The minimum atomic E-state index is 0.682. The highest BCUT2D eigenvalue weighted by Crippen LogP contribution is 2.16. The minimum Gasteiger partial charge on any atom is -0.379 e. The fourth-order valence-electron chi connectivity index (χ4n) is 0.852. The van der Waals surface area contributed by atoms with Crippen molar-refractivity contribution in [2.75, 3.05) is 18.6 Å². The molecule has 0 aromatic carbocycles. The van der Waals surface area contributed by atoms with E-state index in [9.17, 15) is 0 Å². The number of nitrogens with two attached hydrogens (primary N) is 1. The largest absolute Gasteiger partial charge is 0.379 e. The van der Waals surface area contributed by atoms with E-state index in [4.69, 9.17) is 5.73 Å². The average Bonchev–Trinajstić information content (AvgIpc) is 2.69. The molecule has 0 unspecified atom stereocenters. The lowest BCUT2D eigenvalue weighted by molar-refractivity contribution is 1.14. The number of amidine groups is 1. The number of thioether (sulfide) groups is 2. The number of hydrogen-bond donors (Lipinski definition) is 1. The lowest BCUT2D eigenvalue weighted by atomic mass is 10.5. The smallest absolute Gasteiger partial charge is 0.153 e. The van der Waals surface area contributed by atoms with Crippen molar-refractivity contribution in [2.45, 2.75) is 5.75 Å². The maximum Gasteiger partial charge on any atom is 0.153 e. The van der Waals surface area contributed by atoms with Gasteiger partial charge < -0.3 is 5.73 Å². The fraction of sp³-hybridized carbons (Fsp3) is 0.444. The Hall–Kier alpha value is -0.130. The SMILES string of the molecule is CSC(N)=NCCSCc1cccs1. The summed E-state index contributed by atoms with van der Waals surface area (Å²) in [6, 6.07) is 4.25. The van der Waals surface area contributed by atoms with Crippen LogP contribution in [0.25, 0.3) is 0 Å². The second-order valence-corrected chi connectivity index (χ2v) is 5.52. The quantitative estimate of drug-likeness (QED) is 0.493. The van der Waals surface area contributed by atoms with Gasteiger partial charge in [0, 0.05) is 16.4 Å². The summed E-state index contributed by atoms with van der Waals surface area (Å²) in [4.78, 5) is 5.63. The summed E-state index contributed by atoms with van der Waals surface area (Å²) in [6.07, 6.45) is 1.94. The predicted octanol–water partition coefficient (Wildman–Crippen LogP) is 2.66. The molecule has 0 radical (unpaired) electrons. The van der Waals surface area contributed by atoms with Gasteiger partial charge in [-0.15, -0.1) is 11.3 Å². The monoisotopic (exact) mass is 246 g/mol. The molecule has 1 rings (SSSR count). The normalized spacial score (nSPS) is 11.9. The van der Waals surface area contributed by atoms with Crippen LogP contribution in [0.4, 0.5) is 0 Å². The zero-order valence-electron chi connectivity index (χ0n) is 8.10. The summed E-state index contributed by atoms with van der Waals surface area (Å²) in [5.74, 6) is 2.13. The molecule has 0 spiro atoms. The fourth-order valence-corrected chi connectivity index (χ4v) is 2.75. The molecule has 78 valence electrons. The van der Waals surface area contributed by atoms with Crippen LogP contribution in [0, 0.1) is 0 Å². The van der Waals surface area contributed by atoms with Crippen molar-refractivity contribution in [3.8, 4) is 0 Å². The maximum absolute atomic E-state index is 5.56. The number of aliphatic imine (C=N–C) groups is 1. The van der Waals surface area contributed by atoms with Gasteiger partial charge in [0.25, 0.3) is 0 Å². The Morgan fingerprint density at radius 1 is 1.64 bits per heavy atom. The molecule has 0 aliphatic carbocycles. The van der Waals surface area contributed by atoms with Gasteiger partial charge in [-0.25, -0.2) is 0 Å². The Bertz CT molecular complexity index is 270. The van der Waals surface area contributed by atoms with Gasteiger partial charge in [0.2, 0.25) is 0 Å². The van der Waals surface area contributed by atoms with Crippen LogP contribution < -0.4 is 5.73 Å². The summed E-state index contributed by atoms with van der Waals surface area (Å²) in [5, 5.41) is 2.79. The topological polar surface area (TPSA) is 38.4 Å². The molecule has 0 fully saturated rings. The highest BCUT2D eigenvalue weighted by atomic mass is 32.2. The Morgan fingerprint density at radius 3 is 3.14 bits per heavy atom. The van der Waals surface area contributed by atoms with E-state index in [2.05, 4.69) is 22.5 Å². The van der Waals surface area contributed by atoms with E-state index in [-0.39, 0.29) is 0 Å². The van der Waals surface area contributed by atoms with Crippen LogP contribution in [0.3, 0.4) is 0 Å². The molecule has 2 N–H and O–H groups in total. The number of thiophene rings is 1. The average molecular weight is 246 g/mol. The first-order valence-electron chi connectivity index (χ1n) is 4.27. The molecule has 14 heavy (non-hydrogen) atoms. The number of hydrogen-bond acceptors (Lipinski definition) is 4. The first kappa shape index (κ1) is 11.9. The maximum atomic E-state index is 5.56. The second kappa shape index (κ2) is 7.20. The van der Waals surface area contributed by atoms with Gasteiger partial charge in [-0.3, -0.25) is 4.99 Å². The van der Waals surface area contributed by atoms with Crippen molar-refractivity contribution in [3.63, 3.8) is 0 Å². The molecule has 0 saturated heterocycles. The zero-order chi connectivity index (χ0) is 10.2. The Labute approximate surface area is 97.4 Å². The van der Waals surface area contributed by atoms with Crippen molar-refractivity contribution >= 4 is 40.0 Å². The Balaban J connectivity index is 2.05. The van der Waals surface area contributed by atoms with Crippen LogP contribution in [-0.4, -0.2) is 23.7 Å². The molecule has 0 saturated carbocycles. The van der Waals surface area contributed by atoms with E-state index in [1.807, 2.05) is 18.0 Å². The standard InChI is InChI=1S/C9H14N2S3/c1-12-9(10)11-4-6-13-7-8-3-2-5-14-8/h2-3,5H,4,6-7H2,1H3,(H2,10,11). The number of nitrogens with zero attached hydrogens (tertiary/aromatic N) is 1. The van der Waals surface area contributed by atoms with Gasteiger partial charge in [0.05, 0.1) is 6.54 Å². The van der Waals surface area contributed by atoms with Gasteiger partial charge in [-0.05, 0) is 17.7 Å². The van der Waals surface area contributed by atoms with E-state index in [1.165, 1.54) is 16.6 Å². The molecule has 0 aliphatic rings. The van der Waals surface area contributed by atoms with Gasteiger partial charge in [-0.1, -0.05) is 17.8 Å². The molecular weight excluding hydrogens is 232 g/mol. The Kier molecular flexibility index (Phi) is 6.14. The van der Waals surface area contributed by atoms with E-state index < -0.39 is 0 Å². The first-order chi connectivity index (χ1) is 6.83. The molecule has 0 atom stereocenters. The zero-order valence-corrected chi connectivity index (χ0v) is 10.6. The summed E-state index contributed by atoms with van der Waals surface area (Å²) in [6.45, 7) is 0.822. The van der Waals surface area contributed by atoms with Gasteiger partial charge in [0.15, 0.2) is 5.17 Å². The van der Waals surface area contributed by atoms with Crippen molar-refractivity contribution in [2.24, 2.45) is 10.7 Å². The van der Waals surface area contributed by atoms with Crippen LogP contribution in [0.15, 0.2) is 22.5 Å². The summed E-state index contributed by atoms with van der Waals surface area (Å²) >= 11 is 5.21. The van der Waals surface area contributed by atoms with Crippen LogP contribution in [0.1, 0.15) is 4.88 Å². The second-order valence-electron chi connectivity index (χ2n) is 2.56. The molecule has 0 amide bonds. The predicted molar refractivity (Wildman–Crippen MR) is 70.5 cm³/mol. The molecule has 0 aliphatic heterocycles. The van der Waals surface area contributed by atoms with Crippen molar-refractivity contribution in [1.29, 1.82) is 0 Å². The van der Waals surface area contributed by atoms with Gasteiger partial charge in [0.1, 0.15) is 0 Å². The highest BCUT2D eigenvalue weighted by molar-refractivity contribution is 8.13. The first-order valence-corrected chi connectivity index (χ1v) is 7.53. The molecule has 1 aromatic rings. The molecule has 1 aromatic heterocycles. The van der Waals surface area contributed by atoms with Gasteiger partial charge >= 0.3 is 0 Å². The molecule has 2 nitrogen and oxygen atoms in total. The summed E-state index contributed by atoms with van der Waals surface area (Å²) in [5.41, 5.74) is 5.56. The van der Waals surface area contributed by atoms with E-state index in [1.54, 1.807) is 11.3 Å². The lowest BCUT2D eigenvalue weighted by Gasteiger charge is -1.97.